The van der Waals surface area contributed by atoms with Crippen molar-refractivity contribution in [3.63, 3.8) is 0 Å². The van der Waals surface area contributed by atoms with E-state index < -0.39 is 17.6 Å². The van der Waals surface area contributed by atoms with Gasteiger partial charge in [0.1, 0.15) is 11.3 Å². The molecule has 0 bridgehead atoms. The molecule has 0 saturated heterocycles. The Bertz CT molecular complexity index is 754. The molecule has 1 heterocycles. The van der Waals surface area contributed by atoms with Crippen LogP contribution in [-0.4, -0.2) is 23.6 Å². The van der Waals surface area contributed by atoms with Gasteiger partial charge in [0, 0.05) is 18.5 Å². The molecule has 1 amide bonds. The summed E-state index contributed by atoms with van der Waals surface area (Å²) < 4.78 is 47.4. The van der Waals surface area contributed by atoms with Crippen molar-refractivity contribution in [2.45, 2.75) is 32.4 Å². The molecule has 140 valence electrons. The molecule has 0 unspecified atom stereocenters. The SMILES string of the molecule is CCOC(=O)CCCc1oncc1C(=O)Nc1ccc(C(F)(F)F)cc1. The highest BCUT2D eigenvalue weighted by Crippen LogP contribution is 2.29. The topological polar surface area (TPSA) is 81.4 Å². The molecule has 26 heavy (non-hydrogen) atoms. The van der Waals surface area contributed by atoms with Crippen LogP contribution in [0.3, 0.4) is 0 Å². The van der Waals surface area contributed by atoms with Crippen LogP contribution in [-0.2, 0) is 22.1 Å². The van der Waals surface area contributed by atoms with Gasteiger partial charge in [-0.05, 0) is 37.6 Å². The standard InChI is InChI=1S/C17H17F3N2O4/c1-2-25-15(23)5-3-4-14-13(10-21-26-14)16(24)22-12-8-6-11(7-9-12)17(18,19)20/h6-10H,2-5H2,1H3,(H,22,24). The molecular weight excluding hydrogens is 353 g/mol. The highest BCUT2D eigenvalue weighted by molar-refractivity contribution is 6.04. The molecule has 0 aliphatic rings. The van der Waals surface area contributed by atoms with Gasteiger partial charge in [-0.2, -0.15) is 13.2 Å². The van der Waals surface area contributed by atoms with Crippen LogP contribution in [0.25, 0.3) is 0 Å². The lowest BCUT2D eigenvalue weighted by molar-refractivity contribution is -0.143. The summed E-state index contributed by atoms with van der Waals surface area (Å²) >= 11 is 0. The molecule has 0 aliphatic heterocycles. The zero-order chi connectivity index (χ0) is 19.2. The second-order valence-corrected chi connectivity index (χ2v) is 5.35. The van der Waals surface area contributed by atoms with Crippen LogP contribution in [0, 0.1) is 0 Å². The Morgan fingerprint density at radius 1 is 1.23 bits per heavy atom. The van der Waals surface area contributed by atoms with E-state index in [1.165, 1.54) is 6.20 Å². The third kappa shape index (κ3) is 5.33. The summed E-state index contributed by atoms with van der Waals surface area (Å²) in [4.78, 5) is 23.6. The molecule has 1 aromatic heterocycles. The summed E-state index contributed by atoms with van der Waals surface area (Å²) in [5, 5.41) is 6.05. The number of nitrogens with zero attached hydrogens (tertiary/aromatic N) is 1. The maximum absolute atomic E-state index is 12.5. The molecule has 0 spiro atoms. The van der Waals surface area contributed by atoms with E-state index in [2.05, 4.69) is 10.5 Å². The normalized spacial score (nSPS) is 11.2. The molecule has 1 aromatic carbocycles. The fraction of sp³-hybridized carbons (Fsp3) is 0.353. The van der Waals surface area contributed by atoms with Crippen molar-refractivity contribution in [2.24, 2.45) is 0 Å². The molecule has 6 nitrogen and oxygen atoms in total. The number of ether oxygens (including phenoxy) is 1. The van der Waals surface area contributed by atoms with Crippen LogP contribution in [0.2, 0.25) is 0 Å². The Morgan fingerprint density at radius 2 is 1.92 bits per heavy atom. The van der Waals surface area contributed by atoms with E-state index in [1.807, 2.05) is 0 Å². The third-order valence-corrected chi connectivity index (χ3v) is 3.45. The second-order valence-electron chi connectivity index (χ2n) is 5.35. The summed E-state index contributed by atoms with van der Waals surface area (Å²) in [6.07, 6.45) is -2.33. The fourth-order valence-corrected chi connectivity index (χ4v) is 2.20. The second kappa shape index (κ2) is 8.50. The number of nitrogens with one attached hydrogen (secondary N) is 1. The Labute approximate surface area is 147 Å². The lowest BCUT2D eigenvalue weighted by Crippen LogP contribution is -2.13. The van der Waals surface area contributed by atoms with E-state index in [1.54, 1.807) is 6.92 Å². The lowest BCUT2D eigenvalue weighted by atomic mass is 10.1. The predicted molar refractivity (Wildman–Crippen MR) is 85.5 cm³/mol. The van der Waals surface area contributed by atoms with E-state index in [0.717, 1.165) is 24.3 Å². The Morgan fingerprint density at radius 3 is 2.54 bits per heavy atom. The molecule has 1 N–H and O–H groups in total. The summed E-state index contributed by atoms with van der Waals surface area (Å²) in [5.41, 5.74) is -0.435. The smallest absolute Gasteiger partial charge is 0.416 e. The number of benzene rings is 1. The molecule has 0 atom stereocenters. The van der Waals surface area contributed by atoms with Crippen LogP contribution < -0.4 is 5.32 Å². The number of halogens is 3. The number of esters is 1. The highest BCUT2D eigenvalue weighted by Gasteiger charge is 2.30. The van der Waals surface area contributed by atoms with Crippen molar-refractivity contribution in [1.29, 1.82) is 0 Å². The van der Waals surface area contributed by atoms with Crippen LogP contribution in [0.4, 0.5) is 18.9 Å². The number of carbonyl (C=O) groups is 2. The first-order chi connectivity index (χ1) is 12.3. The van der Waals surface area contributed by atoms with E-state index >= 15 is 0 Å². The van der Waals surface area contributed by atoms with Crippen molar-refractivity contribution in [1.82, 2.24) is 5.16 Å². The van der Waals surface area contributed by atoms with Gasteiger partial charge < -0.3 is 14.6 Å². The molecule has 0 saturated carbocycles. The largest absolute Gasteiger partial charge is 0.466 e. The zero-order valence-corrected chi connectivity index (χ0v) is 13.9. The molecule has 0 fully saturated rings. The minimum absolute atomic E-state index is 0.161. The number of hydrogen-bond acceptors (Lipinski definition) is 5. The third-order valence-electron chi connectivity index (χ3n) is 3.45. The van der Waals surface area contributed by atoms with Crippen molar-refractivity contribution in [3.05, 3.63) is 47.3 Å². The summed E-state index contributed by atoms with van der Waals surface area (Å²) in [6.45, 7) is 2.00. The fourth-order valence-electron chi connectivity index (χ4n) is 2.20. The van der Waals surface area contributed by atoms with E-state index in [-0.39, 0.29) is 23.6 Å². The van der Waals surface area contributed by atoms with Crippen LogP contribution in [0.15, 0.2) is 35.0 Å². The zero-order valence-electron chi connectivity index (χ0n) is 13.9. The minimum atomic E-state index is -4.44. The van der Waals surface area contributed by atoms with E-state index in [0.29, 0.717) is 25.2 Å². The molecule has 2 aromatic rings. The molecular formula is C17H17F3N2O4. The molecule has 0 radical (unpaired) electrons. The van der Waals surface area contributed by atoms with E-state index in [4.69, 9.17) is 9.26 Å². The number of amides is 1. The number of carbonyl (C=O) groups excluding carboxylic acids is 2. The number of aryl methyl sites for hydroxylation is 1. The van der Waals surface area contributed by atoms with Crippen molar-refractivity contribution in [2.75, 3.05) is 11.9 Å². The average Bonchev–Trinajstić information content (AvgIpc) is 3.03. The monoisotopic (exact) mass is 370 g/mol. The minimum Gasteiger partial charge on any atom is -0.466 e. The Hall–Kier alpha value is -2.84. The van der Waals surface area contributed by atoms with Gasteiger partial charge in [0.15, 0.2) is 0 Å². The summed E-state index contributed by atoms with van der Waals surface area (Å²) in [6, 6.07) is 4.08. The number of aromatic nitrogens is 1. The number of anilines is 1. The molecule has 0 aliphatic carbocycles. The number of hydrogen-bond donors (Lipinski definition) is 1. The highest BCUT2D eigenvalue weighted by atomic mass is 19.4. The maximum Gasteiger partial charge on any atom is 0.416 e. The van der Waals surface area contributed by atoms with Crippen molar-refractivity contribution in [3.8, 4) is 0 Å². The van der Waals surface area contributed by atoms with Gasteiger partial charge >= 0.3 is 12.1 Å². The van der Waals surface area contributed by atoms with E-state index in [9.17, 15) is 22.8 Å². The maximum atomic E-state index is 12.5. The van der Waals surface area contributed by atoms with Crippen LogP contribution >= 0.6 is 0 Å². The summed E-state index contributed by atoms with van der Waals surface area (Å²) in [5.74, 6) is -0.612. The first-order valence-electron chi connectivity index (χ1n) is 7.89. The summed E-state index contributed by atoms with van der Waals surface area (Å²) in [7, 11) is 0. The first kappa shape index (κ1) is 19.5. The van der Waals surface area contributed by atoms with Gasteiger partial charge in [-0.1, -0.05) is 5.16 Å². The average molecular weight is 370 g/mol. The van der Waals surface area contributed by atoms with Crippen LogP contribution in [0.5, 0.6) is 0 Å². The van der Waals surface area contributed by atoms with Crippen molar-refractivity contribution >= 4 is 17.6 Å². The molecule has 9 heteroatoms. The predicted octanol–water partition coefficient (Wildman–Crippen LogP) is 3.83. The lowest BCUT2D eigenvalue weighted by Gasteiger charge is -2.08. The van der Waals surface area contributed by atoms with Crippen molar-refractivity contribution < 1.29 is 32.0 Å². The van der Waals surface area contributed by atoms with Gasteiger partial charge in [0.05, 0.1) is 18.4 Å². The van der Waals surface area contributed by atoms with Gasteiger partial charge in [0.25, 0.3) is 5.91 Å². The quantitative estimate of drug-likeness (QED) is 0.749. The number of rotatable bonds is 7. The molecule has 2 rings (SSSR count). The van der Waals surface area contributed by atoms with Gasteiger partial charge in [-0.3, -0.25) is 9.59 Å². The Kier molecular flexibility index (Phi) is 6.37. The van der Waals surface area contributed by atoms with Gasteiger partial charge in [-0.25, -0.2) is 0 Å². The van der Waals surface area contributed by atoms with Crippen LogP contribution in [0.1, 0.15) is 41.4 Å². The van der Waals surface area contributed by atoms with Gasteiger partial charge in [0.2, 0.25) is 0 Å². The van der Waals surface area contributed by atoms with Gasteiger partial charge in [-0.15, -0.1) is 0 Å². The number of alkyl halides is 3. The Balaban J connectivity index is 1.96. The first-order valence-corrected chi connectivity index (χ1v) is 7.89.